The Balaban J connectivity index is 2.48. The number of carbonyl (C=O) groups is 1. The fourth-order valence-electron chi connectivity index (χ4n) is 1.37. The molecule has 0 saturated heterocycles. The molecule has 1 rings (SSSR count). The molecule has 88 valence electrons. The van der Waals surface area contributed by atoms with Crippen molar-refractivity contribution in [2.75, 3.05) is 13.1 Å². The summed E-state index contributed by atoms with van der Waals surface area (Å²) in [5.74, 6) is 0.00398. The maximum Gasteiger partial charge on any atom is 0.234 e. The highest BCUT2D eigenvalue weighted by molar-refractivity contribution is 6.30. The zero-order chi connectivity index (χ0) is 12.0. The molecule has 1 aromatic rings. The van der Waals surface area contributed by atoms with Crippen molar-refractivity contribution in [3.05, 3.63) is 34.9 Å². The fourth-order valence-corrected chi connectivity index (χ4v) is 1.49. The molecule has 2 N–H and O–H groups in total. The zero-order valence-electron chi connectivity index (χ0n) is 9.59. The highest BCUT2D eigenvalue weighted by Crippen LogP contribution is 2.15. The first-order valence-corrected chi connectivity index (χ1v) is 5.76. The average Bonchev–Trinajstić information content (AvgIpc) is 2.27. The molecule has 4 heteroatoms. The highest BCUT2D eigenvalue weighted by Gasteiger charge is 2.08. The minimum absolute atomic E-state index is 0.00317. The lowest BCUT2D eigenvalue weighted by Gasteiger charge is -2.14. The van der Waals surface area contributed by atoms with Gasteiger partial charge in [0.1, 0.15) is 0 Å². The van der Waals surface area contributed by atoms with Crippen molar-refractivity contribution in [3.8, 4) is 0 Å². The van der Waals surface area contributed by atoms with Crippen LogP contribution in [0.4, 0.5) is 0 Å². The first kappa shape index (κ1) is 13.0. The molecular formula is C12H17ClN2O. The topological polar surface area (TPSA) is 41.1 Å². The van der Waals surface area contributed by atoms with Crippen LogP contribution in [-0.4, -0.2) is 19.0 Å². The average molecular weight is 241 g/mol. The number of amides is 1. The molecule has 0 aliphatic carbocycles. The van der Waals surface area contributed by atoms with Gasteiger partial charge in [0.05, 0.1) is 12.6 Å². The van der Waals surface area contributed by atoms with Gasteiger partial charge in [-0.15, -0.1) is 0 Å². The Bertz CT molecular complexity index is 337. The molecule has 0 saturated carbocycles. The van der Waals surface area contributed by atoms with Crippen LogP contribution in [0.25, 0.3) is 0 Å². The minimum atomic E-state index is 0.00317. The summed E-state index contributed by atoms with van der Waals surface area (Å²) in [7, 11) is 0. The van der Waals surface area contributed by atoms with Gasteiger partial charge < -0.3 is 10.6 Å². The van der Waals surface area contributed by atoms with Gasteiger partial charge in [-0.1, -0.05) is 30.7 Å². The molecule has 0 aromatic heterocycles. The van der Waals surface area contributed by atoms with Crippen LogP contribution in [0.5, 0.6) is 0 Å². The summed E-state index contributed by atoms with van der Waals surface area (Å²) in [6.45, 7) is 5.07. The van der Waals surface area contributed by atoms with E-state index >= 15 is 0 Å². The summed E-state index contributed by atoms with van der Waals surface area (Å²) in [5, 5.41) is 6.59. The molecule has 0 spiro atoms. The zero-order valence-corrected chi connectivity index (χ0v) is 10.3. The largest absolute Gasteiger partial charge is 0.348 e. The fraction of sp³-hybridized carbons (Fsp3) is 0.417. The van der Waals surface area contributed by atoms with E-state index in [1.54, 1.807) is 0 Å². The predicted molar refractivity (Wildman–Crippen MR) is 66.6 cm³/mol. The highest BCUT2D eigenvalue weighted by atomic mass is 35.5. The summed E-state index contributed by atoms with van der Waals surface area (Å²) in [6, 6.07) is 7.48. The van der Waals surface area contributed by atoms with E-state index < -0.39 is 0 Å². The van der Waals surface area contributed by atoms with Gasteiger partial charge in [0.25, 0.3) is 0 Å². The van der Waals surface area contributed by atoms with E-state index in [0.29, 0.717) is 11.6 Å². The second-order valence-electron chi connectivity index (χ2n) is 3.62. The second-order valence-corrected chi connectivity index (χ2v) is 4.06. The van der Waals surface area contributed by atoms with E-state index in [0.717, 1.165) is 12.1 Å². The molecule has 0 bridgehead atoms. The first-order chi connectivity index (χ1) is 7.63. The van der Waals surface area contributed by atoms with Crippen molar-refractivity contribution in [1.82, 2.24) is 10.6 Å². The van der Waals surface area contributed by atoms with Crippen LogP contribution < -0.4 is 10.6 Å². The smallest absolute Gasteiger partial charge is 0.234 e. The Hall–Kier alpha value is -1.06. The van der Waals surface area contributed by atoms with E-state index in [4.69, 9.17) is 11.6 Å². The van der Waals surface area contributed by atoms with Crippen LogP contribution in [0.3, 0.4) is 0 Å². The third-order valence-electron chi connectivity index (χ3n) is 2.28. The van der Waals surface area contributed by atoms with E-state index in [-0.39, 0.29) is 11.9 Å². The summed E-state index contributed by atoms with van der Waals surface area (Å²) in [5.41, 5.74) is 1.05. The third-order valence-corrected chi connectivity index (χ3v) is 2.54. The van der Waals surface area contributed by atoms with Crippen LogP contribution in [0.15, 0.2) is 24.3 Å². The normalized spacial score (nSPS) is 12.2. The van der Waals surface area contributed by atoms with Crippen molar-refractivity contribution < 1.29 is 4.79 Å². The monoisotopic (exact) mass is 240 g/mol. The summed E-state index contributed by atoms with van der Waals surface area (Å²) >= 11 is 5.79. The number of hydrogen-bond donors (Lipinski definition) is 2. The maximum atomic E-state index is 11.5. The standard InChI is InChI=1S/C12H17ClN2O/c1-3-14-8-12(16)15-9(2)10-4-6-11(13)7-5-10/h4-7,9,14H,3,8H2,1-2H3,(H,15,16)/t9-/m0/s1. The van der Waals surface area contributed by atoms with E-state index in [1.165, 1.54) is 0 Å². The Morgan fingerprint density at radius 2 is 2.00 bits per heavy atom. The predicted octanol–water partition coefficient (Wildman–Crippen LogP) is 2.13. The third kappa shape index (κ3) is 4.21. The van der Waals surface area contributed by atoms with Crippen LogP contribution in [0.2, 0.25) is 5.02 Å². The van der Waals surface area contributed by atoms with Gasteiger partial charge in [0, 0.05) is 5.02 Å². The molecule has 0 fully saturated rings. The lowest BCUT2D eigenvalue weighted by molar-refractivity contribution is -0.120. The van der Waals surface area contributed by atoms with Gasteiger partial charge in [-0.2, -0.15) is 0 Å². The summed E-state index contributed by atoms with van der Waals surface area (Å²) in [6.07, 6.45) is 0. The Morgan fingerprint density at radius 3 is 2.56 bits per heavy atom. The molecule has 0 radical (unpaired) electrons. The van der Waals surface area contributed by atoms with Gasteiger partial charge in [0.15, 0.2) is 0 Å². The van der Waals surface area contributed by atoms with E-state index in [2.05, 4.69) is 10.6 Å². The Labute approximate surface area is 101 Å². The molecule has 0 heterocycles. The number of benzene rings is 1. The van der Waals surface area contributed by atoms with E-state index in [1.807, 2.05) is 38.1 Å². The van der Waals surface area contributed by atoms with Gasteiger partial charge in [-0.25, -0.2) is 0 Å². The number of carbonyl (C=O) groups excluding carboxylic acids is 1. The molecule has 0 aliphatic rings. The van der Waals surface area contributed by atoms with Crippen molar-refractivity contribution in [2.24, 2.45) is 0 Å². The van der Waals surface area contributed by atoms with Crippen LogP contribution >= 0.6 is 11.6 Å². The lowest BCUT2D eigenvalue weighted by atomic mass is 10.1. The van der Waals surface area contributed by atoms with E-state index in [9.17, 15) is 4.79 Å². The summed E-state index contributed by atoms with van der Waals surface area (Å²) in [4.78, 5) is 11.5. The van der Waals surface area contributed by atoms with Crippen LogP contribution in [-0.2, 0) is 4.79 Å². The van der Waals surface area contributed by atoms with Gasteiger partial charge >= 0.3 is 0 Å². The maximum absolute atomic E-state index is 11.5. The molecule has 0 aliphatic heterocycles. The minimum Gasteiger partial charge on any atom is -0.348 e. The quantitative estimate of drug-likeness (QED) is 0.828. The first-order valence-electron chi connectivity index (χ1n) is 5.39. The Kier molecular flexibility index (Phi) is 5.29. The molecule has 16 heavy (non-hydrogen) atoms. The molecule has 1 amide bonds. The van der Waals surface area contributed by atoms with Crippen molar-refractivity contribution in [2.45, 2.75) is 19.9 Å². The number of hydrogen-bond acceptors (Lipinski definition) is 2. The lowest BCUT2D eigenvalue weighted by Crippen LogP contribution is -2.35. The number of likely N-dealkylation sites (N-methyl/N-ethyl adjacent to an activating group) is 1. The van der Waals surface area contributed by atoms with Crippen molar-refractivity contribution in [3.63, 3.8) is 0 Å². The summed E-state index contributed by atoms with van der Waals surface area (Å²) < 4.78 is 0. The molecule has 0 unspecified atom stereocenters. The van der Waals surface area contributed by atoms with Gasteiger partial charge in [0.2, 0.25) is 5.91 Å². The van der Waals surface area contributed by atoms with Crippen LogP contribution in [0, 0.1) is 0 Å². The van der Waals surface area contributed by atoms with Gasteiger partial charge in [-0.3, -0.25) is 4.79 Å². The number of halogens is 1. The van der Waals surface area contributed by atoms with Gasteiger partial charge in [-0.05, 0) is 31.2 Å². The number of rotatable bonds is 5. The molecule has 1 aromatic carbocycles. The van der Waals surface area contributed by atoms with Crippen LogP contribution in [0.1, 0.15) is 25.5 Å². The Morgan fingerprint density at radius 1 is 1.38 bits per heavy atom. The second kappa shape index (κ2) is 6.51. The number of nitrogens with one attached hydrogen (secondary N) is 2. The molecule has 3 nitrogen and oxygen atoms in total. The van der Waals surface area contributed by atoms with Crippen molar-refractivity contribution in [1.29, 1.82) is 0 Å². The SMILES string of the molecule is CCNCC(=O)N[C@@H](C)c1ccc(Cl)cc1. The molecule has 1 atom stereocenters. The van der Waals surface area contributed by atoms with Crippen molar-refractivity contribution >= 4 is 17.5 Å². The molecular weight excluding hydrogens is 224 g/mol.